The molecule has 1 aromatic heterocycles. The molecule has 0 saturated carbocycles. The van der Waals surface area contributed by atoms with Crippen LogP contribution in [0, 0.1) is 0 Å². The van der Waals surface area contributed by atoms with Gasteiger partial charge in [-0.25, -0.2) is 4.68 Å². The first kappa shape index (κ1) is 15.8. The number of rotatable bonds is 5. The third kappa shape index (κ3) is 3.03. The van der Waals surface area contributed by atoms with Crippen LogP contribution in [-0.4, -0.2) is 30.0 Å². The normalized spacial score (nSPS) is 11.6. The monoisotopic (exact) mass is 373 g/mol. The Morgan fingerprint density at radius 2 is 1.95 bits per heavy atom. The highest BCUT2D eigenvalue weighted by Crippen LogP contribution is 2.27. The van der Waals surface area contributed by atoms with Gasteiger partial charge in [-0.1, -0.05) is 12.1 Å². The van der Waals surface area contributed by atoms with Gasteiger partial charge in [-0.05, 0) is 46.6 Å². The Hall–Kier alpha value is -1.61. The molecule has 1 aromatic carbocycles. The number of nitrogens with two attached hydrogens (primary N) is 1. The lowest BCUT2D eigenvalue weighted by Gasteiger charge is -2.23. The molecule has 0 atom stereocenters. The van der Waals surface area contributed by atoms with Gasteiger partial charge in [0.2, 0.25) is 5.03 Å². The van der Waals surface area contributed by atoms with E-state index in [1.807, 2.05) is 6.92 Å². The minimum Gasteiger partial charge on any atom is -0.399 e. The molecule has 0 unspecified atom stereocenters. The van der Waals surface area contributed by atoms with Gasteiger partial charge in [0.05, 0.1) is 5.69 Å². The lowest BCUT2D eigenvalue weighted by molar-refractivity contribution is 0.568. The number of sulfonamides is 1. The first-order valence-corrected chi connectivity index (χ1v) is 8.54. The van der Waals surface area contributed by atoms with E-state index in [-0.39, 0.29) is 9.63 Å². The van der Waals surface area contributed by atoms with E-state index < -0.39 is 10.0 Å². The number of nitrogen functional groups attached to an aromatic ring is 1. The van der Waals surface area contributed by atoms with Crippen molar-refractivity contribution in [1.82, 2.24) is 15.0 Å². The summed E-state index contributed by atoms with van der Waals surface area (Å²) >= 11 is 3.14. The summed E-state index contributed by atoms with van der Waals surface area (Å²) in [6, 6.07) is 6.70. The second-order valence-corrected chi connectivity index (χ2v) is 7.01. The van der Waals surface area contributed by atoms with Crippen LogP contribution in [0.2, 0.25) is 0 Å². The lowest BCUT2D eigenvalue weighted by Crippen LogP contribution is -2.33. The van der Waals surface area contributed by atoms with Gasteiger partial charge in [-0.2, -0.15) is 8.42 Å². The largest absolute Gasteiger partial charge is 0.399 e. The molecule has 1 heterocycles. The SMILES string of the molecule is CCCN(c1ccc(N)cc1)S(=O)(=O)c1c(Br)nnn1C. The number of nitrogens with zero attached hydrogens (tertiary/aromatic N) is 4. The standard InChI is InChI=1S/C12H16BrN5O2S/c1-3-8-18(10-6-4-9(14)5-7-10)21(19,20)12-11(13)15-16-17(12)2/h4-7H,3,8,14H2,1-2H3. The summed E-state index contributed by atoms with van der Waals surface area (Å²) in [4.78, 5) is 0. The molecule has 0 bridgehead atoms. The average Bonchev–Trinajstić information content (AvgIpc) is 2.77. The Labute approximate surface area is 131 Å². The minimum atomic E-state index is -3.76. The zero-order valence-corrected chi connectivity index (χ0v) is 14.1. The predicted molar refractivity (Wildman–Crippen MR) is 84.4 cm³/mol. The van der Waals surface area contributed by atoms with Crippen molar-refractivity contribution in [2.24, 2.45) is 7.05 Å². The van der Waals surface area contributed by atoms with Crippen molar-refractivity contribution in [3.63, 3.8) is 0 Å². The summed E-state index contributed by atoms with van der Waals surface area (Å²) in [5.74, 6) is 0. The van der Waals surface area contributed by atoms with Crippen LogP contribution in [-0.2, 0) is 17.1 Å². The molecule has 7 nitrogen and oxygen atoms in total. The van der Waals surface area contributed by atoms with Crippen LogP contribution in [0.15, 0.2) is 33.9 Å². The van der Waals surface area contributed by atoms with Crippen LogP contribution in [0.1, 0.15) is 13.3 Å². The van der Waals surface area contributed by atoms with Crippen molar-refractivity contribution < 1.29 is 8.42 Å². The molecule has 0 fully saturated rings. The molecule has 2 N–H and O–H groups in total. The molecule has 21 heavy (non-hydrogen) atoms. The molecular weight excluding hydrogens is 358 g/mol. The van der Waals surface area contributed by atoms with Crippen molar-refractivity contribution in [1.29, 1.82) is 0 Å². The van der Waals surface area contributed by atoms with Crippen molar-refractivity contribution in [2.45, 2.75) is 18.4 Å². The van der Waals surface area contributed by atoms with Crippen molar-refractivity contribution in [3.8, 4) is 0 Å². The van der Waals surface area contributed by atoms with Crippen LogP contribution in [0.5, 0.6) is 0 Å². The topological polar surface area (TPSA) is 94.1 Å². The number of aromatic nitrogens is 3. The summed E-state index contributed by atoms with van der Waals surface area (Å²) in [6.07, 6.45) is 0.673. The average molecular weight is 374 g/mol. The molecule has 0 aliphatic carbocycles. The van der Waals surface area contributed by atoms with Gasteiger partial charge in [0.15, 0.2) is 4.60 Å². The fourth-order valence-corrected chi connectivity index (χ4v) is 4.53. The molecule has 0 aliphatic heterocycles. The maximum Gasteiger partial charge on any atom is 0.284 e. The van der Waals surface area contributed by atoms with E-state index in [0.29, 0.717) is 24.3 Å². The highest BCUT2D eigenvalue weighted by molar-refractivity contribution is 9.10. The maximum atomic E-state index is 12.9. The van der Waals surface area contributed by atoms with E-state index in [4.69, 9.17) is 5.73 Å². The molecule has 0 radical (unpaired) electrons. The fraction of sp³-hybridized carbons (Fsp3) is 0.333. The van der Waals surface area contributed by atoms with Gasteiger partial charge in [0.25, 0.3) is 10.0 Å². The van der Waals surface area contributed by atoms with Gasteiger partial charge in [0, 0.05) is 19.3 Å². The van der Waals surface area contributed by atoms with E-state index >= 15 is 0 Å². The van der Waals surface area contributed by atoms with Gasteiger partial charge >= 0.3 is 0 Å². The van der Waals surface area contributed by atoms with E-state index in [1.54, 1.807) is 24.3 Å². The zero-order chi connectivity index (χ0) is 15.6. The summed E-state index contributed by atoms with van der Waals surface area (Å²) in [5, 5.41) is 7.48. The van der Waals surface area contributed by atoms with Gasteiger partial charge in [-0.15, -0.1) is 5.10 Å². The van der Waals surface area contributed by atoms with Crippen LogP contribution < -0.4 is 10.0 Å². The number of aryl methyl sites for hydroxylation is 1. The van der Waals surface area contributed by atoms with Crippen LogP contribution in [0.3, 0.4) is 0 Å². The van der Waals surface area contributed by atoms with Crippen molar-refractivity contribution >= 4 is 37.3 Å². The van der Waals surface area contributed by atoms with Crippen molar-refractivity contribution in [3.05, 3.63) is 28.9 Å². The quantitative estimate of drug-likeness (QED) is 0.805. The van der Waals surface area contributed by atoms with E-state index in [0.717, 1.165) is 0 Å². The number of hydrogen-bond acceptors (Lipinski definition) is 5. The zero-order valence-electron chi connectivity index (χ0n) is 11.7. The second-order valence-electron chi connectivity index (χ2n) is 4.48. The van der Waals surface area contributed by atoms with E-state index in [9.17, 15) is 8.42 Å². The van der Waals surface area contributed by atoms with Gasteiger partial charge in [-0.3, -0.25) is 4.31 Å². The van der Waals surface area contributed by atoms with Gasteiger partial charge in [0.1, 0.15) is 0 Å². The maximum absolute atomic E-state index is 12.9. The second kappa shape index (κ2) is 6.02. The van der Waals surface area contributed by atoms with Gasteiger partial charge < -0.3 is 5.73 Å². The number of benzene rings is 1. The smallest absolute Gasteiger partial charge is 0.284 e. The third-order valence-corrected chi connectivity index (χ3v) is 5.60. The molecule has 0 amide bonds. The minimum absolute atomic E-state index is 0.0211. The van der Waals surface area contributed by atoms with Crippen LogP contribution in [0.25, 0.3) is 0 Å². The molecule has 0 saturated heterocycles. The Bertz CT molecular complexity index is 707. The number of anilines is 2. The molecule has 9 heteroatoms. The Kier molecular flexibility index (Phi) is 4.52. The molecular formula is C12H16BrN5O2S. The highest BCUT2D eigenvalue weighted by atomic mass is 79.9. The number of halogens is 1. The summed E-state index contributed by atoms with van der Waals surface area (Å²) in [5.41, 5.74) is 6.79. The Morgan fingerprint density at radius 1 is 1.33 bits per heavy atom. The van der Waals surface area contributed by atoms with Crippen LogP contribution in [0.4, 0.5) is 11.4 Å². The Morgan fingerprint density at radius 3 is 2.43 bits per heavy atom. The number of hydrogen-bond donors (Lipinski definition) is 1. The summed E-state index contributed by atoms with van der Waals surface area (Å²) < 4.78 is 28.5. The fourth-order valence-electron chi connectivity index (χ4n) is 1.93. The molecule has 114 valence electrons. The van der Waals surface area contributed by atoms with Crippen LogP contribution >= 0.6 is 15.9 Å². The lowest BCUT2D eigenvalue weighted by atomic mass is 10.3. The van der Waals surface area contributed by atoms with Crippen molar-refractivity contribution in [2.75, 3.05) is 16.6 Å². The first-order valence-electron chi connectivity index (χ1n) is 6.31. The molecule has 0 spiro atoms. The summed E-state index contributed by atoms with van der Waals surface area (Å²) in [7, 11) is -2.22. The Balaban J connectivity index is 2.54. The molecule has 0 aliphatic rings. The highest BCUT2D eigenvalue weighted by Gasteiger charge is 2.30. The molecule has 2 aromatic rings. The third-order valence-electron chi connectivity index (χ3n) is 2.88. The molecule has 2 rings (SSSR count). The van der Waals surface area contributed by atoms with E-state index in [1.165, 1.54) is 16.0 Å². The van der Waals surface area contributed by atoms with E-state index in [2.05, 4.69) is 26.2 Å². The first-order chi connectivity index (χ1) is 9.87. The summed E-state index contributed by atoms with van der Waals surface area (Å²) in [6.45, 7) is 2.26. The predicted octanol–water partition coefficient (Wildman–Crippen LogP) is 1.77.